The van der Waals surface area contributed by atoms with Crippen LogP contribution in [0.25, 0.3) is 0 Å². The Morgan fingerprint density at radius 2 is 1.51 bits per heavy atom. The fraction of sp³-hybridized carbons (Fsp3) is 0.375. The maximum Gasteiger partial charge on any atom is 0.264 e. The average Bonchev–Trinajstić information content (AvgIpc) is 3.00. The zero-order valence-corrected chi connectivity index (χ0v) is 27.2. The van der Waals surface area contributed by atoms with E-state index in [1.54, 1.807) is 55.6 Å². The summed E-state index contributed by atoms with van der Waals surface area (Å²) in [5.74, 6) is 0.422. The van der Waals surface area contributed by atoms with Gasteiger partial charge < -0.3 is 19.7 Å². The Labute approximate surface area is 259 Å². The van der Waals surface area contributed by atoms with E-state index in [0.29, 0.717) is 30.2 Å². The smallest absolute Gasteiger partial charge is 0.264 e. The third-order valence-electron chi connectivity index (χ3n) is 6.69. The Hall–Kier alpha value is -3.70. The summed E-state index contributed by atoms with van der Waals surface area (Å²) in [4.78, 5) is 29.9. The van der Waals surface area contributed by atoms with Crippen molar-refractivity contribution in [2.24, 2.45) is 0 Å². The molecule has 2 amide bonds. The zero-order valence-electron chi connectivity index (χ0n) is 25.6. The third-order valence-corrected chi connectivity index (χ3v) is 9.22. The van der Waals surface area contributed by atoms with Crippen LogP contribution in [0.5, 0.6) is 11.5 Å². The summed E-state index contributed by atoms with van der Waals surface area (Å²) in [6, 6.07) is 19.3. The van der Waals surface area contributed by atoms with Gasteiger partial charge in [0.05, 0.1) is 24.3 Å². The lowest BCUT2D eigenvalue weighted by atomic mass is 10.1. The number of ether oxygens (including phenoxy) is 2. The van der Waals surface area contributed by atoms with Crippen LogP contribution in [-0.4, -0.2) is 63.7 Å². The van der Waals surface area contributed by atoms with Gasteiger partial charge >= 0.3 is 0 Å². The van der Waals surface area contributed by atoms with Crippen molar-refractivity contribution in [3.63, 3.8) is 0 Å². The van der Waals surface area contributed by atoms with Crippen LogP contribution in [0, 0.1) is 0 Å². The van der Waals surface area contributed by atoms with E-state index in [1.165, 1.54) is 28.8 Å². The summed E-state index contributed by atoms with van der Waals surface area (Å²) >= 11 is 1.50. The summed E-state index contributed by atoms with van der Waals surface area (Å²) in [5, 5.41) is 2.90. The number of hydrogen-bond acceptors (Lipinski definition) is 7. The molecule has 11 heteroatoms. The molecule has 0 aromatic heterocycles. The SMILES string of the molecule is CCOc1ccc(N(CC(=O)N(Cc2ccc(OC)cc2)[C@@H](CC)C(=O)NC(C)C)S(=O)(=O)c2ccc(SC)cc2)cc1. The van der Waals surface area contributed by atoms with E-state index >= 15 is 0 Å². The van der Waals surface area contributed by atoms with E-state index in [1.807, 2.05) is 46.1 Å². The van der Waals surface area contributed by atoms with Crippen molar-refractivity contribution in [3.05, 3.63) is 78.4 Å². The lowest BCUT2D eigenvalue weighted by Gasteiger charge is -2.33. The fourth-order valence-electron chi connectivity index (χ4n) is 4.51. The van der Waals surface area contributed by atoms with Crippen molar-refractivity contribution < 1.29 is 27.5 Å². The van der Waals surface area contributed by atoms with Crippen LogP contribution in [0.15, 0.2) is 82.6 Å². The van der Waals surface area contributed by atoms with Crippen molar-refractivity contribution in [1.82, 2.24) is 10.2 Å². The topological polar surface area (TPSA) is 105 Å². The number of hydrogen-bond donors (Lipinski definition) is 1. The Kier molecular flexibility index (Phi) is 12.3. The molecule has 0 radical (unpaired) electrons. The number of carbonyl (C=O) groups is 2. The molecule has 1 atom stereocenters. The van der Waals surface area contributed by atoms with Gasteiger partial charge in [0, 0.05) is 17.5 Å². The van der Waals surface area contributed by atoms with Crippen molar-refractivity contribution in [2.75, 3.05) is 30.8 Å². The third kappa shape index (κ3) is 8.90. The van der Waals surface area contributed by atoms with Gasteiger partial charge in [-0.15, -0.1) is 11.8 Å². The van der Waals surface area contributed by atoms with E-state index in [-0.39, 0.29) is 23.4 Å². The molecule has 0 aliphatic carbocycles. The minimum atomic E-state index is -4.17. The standard InChI is InChI=1S/C32H41N3O6S2/c1-7-30(32(37)33-23(3)4)34(21-24-9-13-26(40-5)14-10-24)31(36)22-35(25-11-15-27(16-12-25)41-8-2)43(38,39)29-19-17-28(42-6)18-20-29/h9-20,23,30H,7-8,21-22H2,1-6H3,(H,33,37)/t30-/m0/s1. The summed E-state index contributed by atoms with van der Waals surface area (Å²) in [5.41, 5.74) is 1.07. The van der Waals surface area contributed by atoms with Crippen molar-refractivity contribution >= 4 is 39.3 Å². The van der Waals surface area contributed by atoms with Crippen molar-refractivity contribution in [3.8, 4) is 11.5 Å². The van der Waals surface area contributed by atoms with E-state index in [0.717, 1.165) is 14.8 Å². The Balaban J connectivity index is 2.06. The van der Waals surface area contributed by atoms with Crippen LogP contribution >= 0.6 is 11.8 Å². The molecule has 0 aliphatic rings. The molecule has 0 saturated heterocycles. The second-order valence-corrected chi connectivity index (χ2v) is 12.8. The van der Waals surface area contributed by atoms with Crippen molar-refractivity contribution in [2.45, 2.75) is 62.5 Å². The van der Waals surface area contributed by atoms with Crippen LogP contribution in [-0.2, 0) is 26.2 Å². The van der Waals surface area contributed by atoms with Gasteiger partial charge in [0.2, 0.25) is 11.8 Å². The van der Waals surface area contributed by atoms with Gasteiger partial charge in [0.1, 0.15) is 24.1 Å². The monoisotopic (exact) mass is 627 g/mol. The van der Waals surface area contributed by atoms with E-state index in [9.17, 15) is 18.0 Å². The lowest BCUT2D eigenvalue weighted by molar-refractivity contribution is -0.140. The summed E-state index contributed by atoms with van der Waals surface area (Å²) < 4.78 is 40.0. The average molecular weight is 628 g/mol. The van der Waals surface area contributed by atoms with Gasteiger partial charge in [0.25, 0.3) is 10.0 Å². The first-order chi connectivity index (χ1) is 20.5. The second-order valence-electron chi connectivity index (χ2n) is 10.1. The predicted molar refractivity (Wildman–Crippen MR) is 171 cm³/mol. The highest BCUT2D eigenvalue weighted by Gasteiger charge is 2.34. The van der Waals surface area contributed by atoms with E-state index < -0.39 is 28.5 Å². The van der Waals surface area contributed by atoms with E-state index in [4.69, 9.17) is 9.47 Å². The highest BCUT2D eigenvalue weighted by atomic mass is 32.2. The number of nitrogens with one attached hydrogen (secondary N) is 1. The molecule has 0 saturated carbocycles. The molecule has 3 aromatic rings. The number of carbonyl (C=O) groups excluding carboxylic acids is 2. The van der Waals surface area contributed by atoms with Crippen LogP contribution < -0.4 is 19.1 Å². The maximum absolute atomic E-state index is 14.2. The number of sulfonamides is 1. The number of anilines is 1. The fourth-order valence-corrected chi connectivity index (χ4v) is 6.33. The molecule has 0 fully saturated rings. The van der Waals surface area contributed by atoms with Crippen molar-refractivity contribution in [1.29, 1.82) is 0 Å². The number of methoxy groups -OCH3 is 1. The van der Waals surface area contributed by atoms with Crippen LogP contribution in [0.4, 0.5) is 5.69 Å². The van der Waals surface area contributed by atoms with Gasteiger partial charge in [-0.3, -0.25) is 13.9 Å². The number of nitrogens with zero attached hydrogens (tertiary/aromatic N) is 2. The van der Waals surface area contributed by atoms with Gasteiger partial charge in [-0.05, 0) is 99.7 Å². The molecule has 9 nitrogen and oxygen atoms in total. The number of benzene rings is 3. The first kappa shape index (κ1) is 33.8. The molecule has 232 valence electrons. The normalized spacial score (nSPS) is 12.0. The van der Waals surface area contributed by atoms with Gasteiger partial charge in [0.15, 0.2) is 0 Å². The van der Waals surface area contributed by atoms with Gasteiger partial charge in [-0.2, -0.15) is 0 Å². The predicted octanol–water partition coefficient (Wildman–Crippen LogP) is 5.34. The Morgan fingerprint density at radius 3 is 2.02 bits per heavy atom. The second kappa shape index (κ2) is 15.7. The minimum absolute atomic E-state index is 0.0540. The minimum Gasteiger partial charge on any atom is -0.497 e. The number of amides is 2. The number of rotatable bonds is 15. The zero-order chi connectivity index (χ0) is 31.6. The number of thioether (sulfide) groups is 1. The molecule has 0 heterocycles. The maximum atomic E-state index is 14.2. The van der Waals surface area contributed by atoms with Gasteiger partial charge in [-0.25, -0.2) is 8.42 Å². The Morgan fingerprint density at radius 1 is 0.907 bits per heavy atom. The van der Waals surface area contributed by atoms with E-state index in [2.05, 4.69) is 5.32 Å². The molecule has 3 aromatic carbocycles. The van der Waals surface area contributed by atoms with Gasteiger partial charge in [-0.1, -0.05) is 19.1 Å². The summed E-state index contributed by atoms with van der Waals surface area (Å²) in [7, 11) is -2.60. The molecular formula is C32H41N3O6S2. The molecular weight excluding hydrogens is 587 g/mol. The summed E-state index contributed by atoms with van der Waals surface area (Å²) in [6.45, 7) is 7.44. The molecule has 0 bridgehead atoms. The first-order valence-electron chi connectivity index (χ1n) is 14.2. The lowest BCUT2D eigenvalue weighted by Crippen LogP contribution is -2.53. The highest BCUT2D eigenvalue weighted by Crippen LogP contribution is 2.28. The highest BCUT2D eigenvalue weighted by molar-refractivity contribution is 7.98. The summed E-state index contributed by atoms with van der Waals surface area (Å²) in [6.07, 6.45) is 2.25. The molecule has 1 N–H and O–H groups in total. The quantitative estimate of drug-likeness (QED) is 0.227. The van der Waals surface area contributed by atoms with Crippen LogP contribution in [0.1, 0.15) is 39.7 Å². The van der Waals surface area contributed by atoms with Crippen LogP contribution in [0.3, 0.4) is 0 Å². The molecule has 0 unspecified atom stereocenters. The molecule has 43 heavy (non-hydrogen) atoms. The Bertz CT molecular complexity index is 1440. The molecule has 0 aliphatic heterocycles. The molecule has 3 rings (SSSR count). The molecule has 0 spiro atoms. The largest absolute Gasteiger partial charge is 0.497 e. The first-order valence-corrected chi connectivity index (χ1v) is 16.8. The van der Waals surface area contributed by atoms with Crippen LogP contribution in [0.2, 0.25) is 0 Å².